The number of pyridine rings is 1. The van der Waals surface area contributed by atoms with Gasteiger partial charge in [0, 0.05) is 18.3 Å². The molecule has 6 heteroatoms. The second-order valence-electron chi connectivity index (χ2n) is 3.29. The van der Waals surface area contributed by atoms with Gasteiger partial charge in [-0.15, -0.1) is 0 Å². The Hall–Kier alpha value is -1.30. The summed E-state index contributed by atoms with van der Waals surface area (Å²) in [7, 11) is 0. The zero-order chi connectivity index (χ0) is 12.2. The standard InChI is InChI=1S/C10H13F3N2O/c1-2-15(7-10(11,12)13)9-5-14-4-3-8(9)6-16/h3-5,16H,2,6-7H2,1H3. The van der Waals surface area contributed by atoms with E-state index in [2.05, 4.69) is 4.98 Å². The Morgan fingerprint density at radius 1 is 1.44 bits per heavy atom. The fourth-order valence-corrected chi connectivity index (χ4v) is 1.42. The lowest BCUT2D eigenvalue weighted by atomic mass is 10.2. The normalized spacial score (nSPS) is 11.6. The van der Waals surface area contributed by atoms with Crippen LogP contribution in [0.2, 0.25) is 0 Å². The highest BCUT2D eigenvalue weighted by molar-refractivity contribution is 5.51. The Morgan fingerprint density at radius 2 is 2.12 bits per heavy atom. The highest BCUT2D eigenvalue weighted by Gasteiger charge is 2.30. The zero-order valence-electron chi connectivity index (χ0n) is 8.83. The van der Waals surface area contributed by atoms with Crippen LogP contribution < -0.4 is 4.90 Å². The van der Waals surface area contributed by atoms with Crippen molar-refractivity contribution in [2.24, 2.45) is 0 Å². The molecule has 1 aromatic heterocycles. The van der Waals surface area contributed by atoms with Crippen LogP contribution in [0.15, 0.2) is 18.5 Å². The first-order valence-electron chi connectivity index (χ1n) is 4.83. The van der Waals surface area contributed by atoms with Gasteiger partial charge in [0.15, 0.2) is 0 Å². The highest BCUT2D eigenvalue weighted by atomic mass is 19.4. The molecular formula is C10H13F3N2O. The molecule has 1 rings (SSSR count). The van der Waals surface area contributed by atoms with Crippen molar-refractivity contribution in [3.8, 4) is 0 Å². The van der Waals surface area contributed by atoms with Crippen LogP contribution in [0.1, 0.15) is 12.5 Å². The van der Waals surface area contributed by atoms with E-state index in [0.717, 1.165) is 4.90 Å². The minimum atomic E-state index is -4.27. The topological polar surface area (TPSA) is 36.4 Å². The van der Waals surface area contributed by atoms with Crippen molar-refractivity contribution in [1.82, 2.24) is 4.98 Å². The predicted octanol–water partition coefficient (Wildman–Crippen LogP) is 1.96. The van der Waals surface area contributed by atoms with Gasteiger partial charge in [0.25, 0.3) is 0 Å². The largest absolute Gasteiger partial charge is 0.405 e. The van der Waals surface area contributed by atoms with E-state index in [9.17, 15) is 13.2 Å². The molecule has 0 aliphatic rings. The van der Waals surface area contributed by atoms with E-state index in [0.29, 0.717) is 11.3 Å². The number of alkyl halides is 3. The smallest absolute Gasteiger partial charge is 0.392 e. The van der Waals surface area contributed by atoms with Crippen molar-refractivity contribution < 1.29 is 18.3 Å². The summed E-state index contributed by atoms with van der Waals surface area (Å²) in [5.41, 5.74) is 0.769. The molecule has 1 heterocycles. The SMILES string of the molecule is CCN(CC(F)(F)F)c1cnccc1CO. The van der Waals surface area contributed by atoms with Crippen LogP contribution in [0.5, 0.6) is 0 Å². The Bertz CT molecular complexity index is 341. The van der Waals surface area contributed by atoms with Gasteiger partial charge in [0.05, 0.1) is 18.5 Å². The number of hydrogen-bond acceptors (Lipinski definition) is 3. The van der Waals surface area contributed by atoms with Crippen LogP contribution >= 0.6 is 0 Å². The first kappa shape index (κ1) is 12.8. The number of anilines is 1. The molecule has 0 bridgehead atoms. The number of aromatic nitrogens is 1. The van der Waals surface area contributed by atoms with E-state index in [1.807, 2.05) is 0 Å². The zero-order valence-corrected chi connectivity index (χ0v) is 8.83. The molecule has 0 saturated carbocycles. The maximum atomic E-state index is 12.3. The molecule has 1 N–H and O–H groups in total. The second kappa shape index (κ2) is 5.16. The minimum absolute atomic E-state index is 0.207. The molecule has 0 aliphatic carbocycles. The van der Waals surface area contributed by atoms with Gasteiger partial charge in [-0.2, -0.15) is 13.2 Å². The summed E-state index contributed by atoms with van der Waals surface area (Å²) < 4.78 is 36.9. The Morgan fingerprint density at radius 3 is 2.62 bits per heavy atom. The molecule has 0 spiro atoms. The summed E-state index contributed by atoms with van der Waals surface area (Å²) >= 11 is 0. The molecule has 0 saturated heterocycles. The molecule has 0 aliphatic heterocycles. The highest BCUT2D eigenvalue weighted by Crippen LogP contribution is 2.24. The van der Waals surface area contributed by atoms with Crippen molar-refractivity contribution in [3.63, 3.8) is 0 Å². The van der Waals surface area contributed by atoms with E-state index >= 15 is 0 Å². The average molecular weight is 234 g/mol. The lowest BCUT2D eigenvalue weighted by Gasteiger charge is -2.25. The number of rotatable bonds is 4. The van der Waals surface area contributed by atoms with E-state index in [4.69, 9.17) is 5.11 Å². The third-order valence-electron chi connectivity index (χ3n) is 2.15. The molecule has 16 heavy (non-hydrogen) atoms. The fraction of sp³-hybridized carbons (Fsp3) is 0.500. The quantitative estimate of drug-likeness (QED) is 0.865. The number of aliphatic hydroxyl groups excluding tert-OH is 1. The van der Waals surface area contributed by atoms with Crippen molar-refractivity contribution in [2.75, 3.05) is 18.0 Å². The van der Waals surface area contributed by atoms with Crippen LogP contribution in [0, 0.1) is 0 Å². The van der Waals surface area contributed by atoms with Crippen molar-refractivity contribution in [2.45, 2.75) is 19.7 Å². The molecule has 1 aromatic rings. The molecule has 0 amide bonds. The van der Waals surface area contributed by atoms with Gasteiger partial charge in [0.1, 0.15) is 6.54 Å². The first-order valence-corrected chi connectivity index (χ1v) is 4.83. The van der Waals surface area contributed by atoms with E-state index < -0.39 is 12.7 Å². The molecule has 90 valence electrons. The summed E-state index contributed by atoms with van der Waals surface area (Å²) in [4.78, 5) is 4.91. The fourth-order valence-electron chi connectivity index (χ4n) is 1.42. The summed E-state index contributed by atoms with van der Waals surface area (Å²) in [6.45, 7) is 0.493. The third kappa shape index (κ3) is 3.37. The second-order valence-corrected chi connectivity index (χ2v) is 3.29. The van der Waals surface area contributed by atoms with Crippen LogP contribution in [0.25, 0.3) is 0 Å². The number of aliphatic hydroxyl groups is 1. The summed E-state index contributed by atoms with van der Waals surface area (Å²) in [6, 6.07) is 1.51. The molecule has 0 fully saturated rings. The lowest BCUT2D eigenvalue weighted by molar-refractivity contribution is -0.119. The monoisotopic (exact) mass is 234 g/mol. The van der Waals surface area contributed by atoms with Crippen LogP contribution in [0.4, 0.5) is 18.9 Å². The van der Waals surface area contributed by atoms with Gasteiger partial charge in [0.2, 0.25) is 0 Å². The summed E-state index contributed by atoms with van der Waals surface area (Å²) in [5, 5.41) is 9.03. The van der Waals surface area contributed by atoms with Gasteiger partial charge in [-0.1, -0.05) is 0 Å². The third-order valence-corrected chi connectivity index (χ3v) is 2.15. The summed E-state index contributed by atoms with van der Waals surface area (Å²) in [6.07, 6.45) is -1.49. The number of hydrogen-bond donors (Lipinski definition) is 1. The van der Waals surface area contributed by atoms with Crippen molar-refractivity contribution in [1.29, 1.82) is 0 Å². The van der Waals surface area contributed by atoms with Gasteiger partial charge in [-0.25, -0.2) is 0 Å². The van der Waals surface area contributed by atoms with Crippen molar-refractivity contribution >= 4 is 5.69 Å². The molecular weight excluding hydrogens is 221 g/mol. The van der Waals surface area contributed by atoms with Gasteiger partial charge >= 0.3 is 6.18 Å². The van der Waals surface area contributed by atoms with Crippen LogP contribution in [-0.4, -0.2) is 29.4 Å². The van der Waals surface area contributed by atoms with E-state index in [1.54, 1.807) is 6.92 Å². The molecule has 3 nitrogen and oxygen atoms in total. The first-order chi connectivity index (χ1) is 7.48. The lowest BCUT2D eigenvalue weighted by Crippen LogP contribution is -2.34. The Kier molecular flexibility index (Phi) is 4.12. The summed E-state index contributed by atoms with van der Waals surface area (Å²) in [5.74, 6) is 0. The maximum absolute atomic E-state index is 12.3. The van der Waals surface area contributed by atoms with Gasteiger partial charge < -0.3 is 10.0 Å². The molecule has 0 aromatic carbocycles. The maximum Gasteiger partial charge on any atom is 0.405 e. The molecule has 0 radical (unpaired) electrons. The average Bonchev–Trinajstić information content (AvgIpc) is 2.24. The van der Waals surface area contributed by atoms with Crippen LogP contribution in [-0.2, 0) is 6.61 Å². The van der Waals surface area contributed by atoms with E-state index in [1.165, 1.54) is 18.5 Å². The van der Waals surface area contributed by atoms with Crippen molar-refractivity contribution in [3.05, 3.63) is 24.0 Å². The number of halogens is 3. The molecule has 0 atom stereocenters. The Balaban J connectivity index is 2.94. The number of nitrogens with zero attached hydrogens (tertiary/aromatic N) is 2. The van der Waals surface area contributed by atoms with Gasteiger partial charge in [-0.05, 0) is 13.0 Å². The molecule has 0 unspecified atom stereocenters. The van der Waals surface area contributed by atoms with Crippen LogP contribution in [0.3, 0.4) is 0 Å². The van der Waals surface area contributed by atoms with Gasteiger partial charge in [-0.3, -0.25) is 4.98 Å². The minimum Gasteiger partial charge on any atom is -0.392 e. The van der Waals surface area contributed by atoms with E-state index in [-0.39, 0.29) is 13.2 Å². The Labute approximate surface area is 91.5 Å². The predicted molar refractivity (Wildman–Crippen MR) is 54.1 cm³/mol.